The second kappa shape index (κ2) is 13.9. The van der Waals surface area contributed by atoms with E-state index in [0.717, 1.165) is 11.1 Å². The Morgan fingerprint density at radius 2 is 1.32 bits per heavy atom. The number of methoxy groups -OCH3 is 1. The molecule has 0 aliphatic rings. The number of ether oxygens (including phenoxy) is 3. The van der Waals surface area contributed by atoms with E-state index >= 15 is 0 Å². The maximum Gasteiger partial charge on any atom is 0.316 e. The molecule has 6 nitrogen and oxygen atoms in total. The van der Waals surface area contributed by atoms with Crippen LogP contribution in [0.2, 0.25) is 0 Å². The second-order valence-electron chi connectivity index (χ2n) is 11.5. The summed E-state index contributed by atoms with van der Waals surface area (Å²) in [5.74, 6) is 0.490. The van der Waals surface area contributed by atoms with Crippen LogP contribution in [-0.4, -0.2) is 24.8 Å². The van der Waals surface area contributed by atoms with Gasteiger partial charge in [-0.1, -0.05) is 24.3 Å². The zero-order valence-electron chi connectivity index (χ0n) is 25.2. The number of carbonyl (C=O) groups excluding carboxylic acids is 3. The molecule has 0 radical (unpaired) electrons. The van der Waals surface area contributed by atoms with E-state index in [4.69, 9.17) is 14.2 Å². The van der Waals surface area contributed by atoms with Gasteiger partial charge < -0.3 is 14.2 Å². The van der Waals surface area contributed by atoms with Gasteiger partial charge in [0.2, 0.25) is 0 Å². The summed E-state index contributed by atoms with van der Waals surface area (Å²) in [6.07, 6.45) is 12.0. The van der Waals surface area contributed by atoms with Crippen molar-refractivity contribution in [2.24, 2.45) is 10.8 Å². The summed E-state index contributed by atoms with van der Waals surface area (Å²) >= 11 is 0. The highest BCUT2D eigenvalue weighted by molar-refractivity contribution is 6.07. The molecule has 0 saturated carbocycles. The Morgan fingerprint density at radius 3 is 1.85 bits per heavy atom. The Bertz CT molecular complexity index is 1300. The first kappa shape index (κ1) is 32.3. The molecule has 6 heteroatoms. The number of rotatable bonds is 10. The van der Waals surface area contributed by atoms with E-state index in [2.05, 4.69) is 0 Å². The second-order valence-corrected chi connectivity index (χ2v) is 11.5. The van der Waals surface area contributed by atoms with Gasteiger partial charge in [0.1, 0.15) is 17.2 Å². The molecule has 40 heavy (non-hydrogen) atoms. The molecule has 0 aliphatic heterocycles. The summed E-state index contributed by atoms with van der Waals surface area (Å²) in [7, 11) is 1.56. The van der Waals surface area contributed by atoms with Crippen molar-refractivity contribution in [2.45, 2.75) is 68.2 Å². The van der Waals surface area contributed by atoms with Gasteiger partial charge in [0, 0.05) is 16.7 Å². The van der Waals surface area contributed by atoms with Crippen LogP contribution in [0.5, 0.6) is 17.2 Å². The van der Waals surface area contributed by atoms with Crippen LogP contribution in [0.1, 0.15) is 82.4 Å². The van der Waals surface area contributed by atoms with E-state index in [1.54, 1.807) is 58.2 Å². The van der Waals surface area contributed by atoms with Crippen LogP contribution < -0.4 is 14.2 Å². The molecule has 0 amide bonds. The fraction of sp³-hybridized carbons (Fsp3) is 0.382. The number of esters is 2. The maximum atomic E-state index is 13.0. The Kier molecular flexibility index (Phi) is 11.2. The van der Waals surface area contributed by atoms with E-state index < -0.39 is 10.8 Å². The fourth-order valence-corrected chi connectivity index (χ4v) is 3.55. The SMILES string of the molecule is C/C=C/Cc1cc(/C=C/C(=O)c2ccc(OC(=O)C(C)(C)C)cc2)c(OC)c(C/C=C/C)c1OC(=O)C(C)(C)C. The van der Waals surface area contributed by atoms with Gasteiger partial charge in [-0.25, -0.2) is 0 Å². The van der Waals surface area contributed by atoms with Gasteiger partial charge in [0.15, 0.2) is 5.78 Å². The van der Waals surface area contributed by atoms with Crippen molar-refractivity contribution in [2.75, 3.05) is 7.11 Å². The number of hydrogen-bond acceptors (Lipinski definition) is 6. The van der Waals surface area contributed by atoms with Crippen molar-refractivity contribution in [3.8, 4) is 17.2 Å². The Balaban J connectivity index is 2.51. The molecule has 0 aliphatic carbocycles. The van der Waals surface area contributed by atoms with Crippen LogP contribution in [0.25, 0.3) is 6.08 Å². The van der Waals surface area contributed by atoms with Crippen molar-refractivity contribution in [1.82, 2.24) is 0 Å². The zero-order chi connectivity index (χ0) is 30.1. The average Bonchev–Trinajstić information content (AvgIpc) is 2.89. The lowest BCUT2D eigenvalue weighted by atomic mass is 9.95. The monoisotopic (exact) mass is 546 g/mol. The van der Waals surface area contributed by atoms with Crippen LogP contribution in [0.4, 0.5) is 0 Å². The normalized spacial score (nSPS) is 12.3. The van der Waals surface area contributed by atoms with Crippen molar-refractivity contribution in [3.05, 3.63) is 83.0 Å². The summed E-state index contributed by atoms with van der Waals surface area (Å²) in [5, 5.41) is 0. The minimum absolute atomic E-state index is 0.219. The molecule has 0 saturated heterocycles. The van der Waals surface area contributed by atoms with E-state index in [0.29, 0.717) is 41.2 Å². The van der Waals surface area contributed by atoms with Gasteiger partial charge in [-0.3, -0.25) is 14.4 Å². The van der Waals surface area contributed by atoms with Crippen LogP contribution in [-0.2, 0) is 22.4 Å². The molecular formula is C34H42O6. The zero-order valence-corrected chi connectivity index (χ0v) is 25.2. The molecule has 0 fully saturated rings. The molecule has 0 unspecified atom stereocenters. The molecule has 0 heterocycles. The lowest BCUT2D eigenvalue weighted by molar-refractivity contribution is -0.143. The topological polar surface area (TPSA) is 78.9 Å². The van der Waals surface area contributed by atoms with Crippen molar-refractivity contribution in [3.63, 3.8) is 0 Å². The van der Waals surface area contributed by atoms with Crippen LogP contribution in [0.15, 0.2) is 60.7 Å². The Hall–Kier alpha value is -3.93. The molecule has 0 atom stereocenters. The van der Waals surface area contributed by atoms with Crippen LogP contribution in [0, 0.1) is 10.8 Å². The number of carbonyl (C=O) groups is 3. The summed E-state index contributed by atoms with van der Waals surface area (Å²) in [5.41, 5.74) is 1.37. The molecule has 2 aromatic rings. The van der Waals surface area contributed by atoms with Crippen molar-refractivity contribution in [1.29, 1.82) is 0 Å². The number of benzene rings is 2. The predicted octanol–water partition coefficient (Wildman–Crippen LogP) is 7.73. The van der Waals surface area contributed by atoms with Crippen LogP contribution in [0.3, 0.4) is 0 Å². The van der Waals surface area contributed by atoms with E-state index in [-0.39, 0.29) is 17.7 Å². The minimum atomic E-state index is -0.686. The molecule has 0 bridgehead atoms. The summed E-state index contributed by atoms with van der Waals surface area (Å²) in [6.45, 7) is 14.6. The largest absolute Gasteiger partial charge is 0.496 e. The third-order valence-corrected chi connectivity index (χ3v) is 5.95. The Labute approximate surface area is 238 Å². The number of allylic oxidation sites excluding steroid dienone is 5. The molecule has 2 rings (SSSR count). The minimum Gasteiger partial charge on any atom is -0.496 e. The fourth-order valence-electron chi connectivity index (χ4n) is 3.55. The third kappa shape index (κ3) is 8.80. The van der Waals surface area contributed by atoms with E-state index in [9.17, 15) is 14.4 Å². The third-order valence-electron chi connectivity index (χ3n) is 5.95. The number of ketones is 1. The summed E-state index contributed by atoms with van der Waals surface area (Å²) < 4.78 is 17.2. The standard InChI is InChI=1S/C34H42O6/c1-10-12-14-24-22-25(29(38-9)27(15-13-11-2)30(24)40-32(37)34(6,7)8)18-21-28(35)23-16-19-26(20-17-23)39-31(36)33(3,4)5/h10-13,16-22H,14-15H2,1-9H3/b12-10+,13-11+,21-18+. The van der Waals surface area contributed by atoms with E-state index in [1.807, 2.05) is 65.0 Å². The smallest absolute Gasteiger partial charge is 0.316 e. The Morgan fingerprint density at radius 1 is 0.775 bits per heavy atom. The lowest BCUT2D eigenvalue weighted by Gasteiger charge is -2.22. The van der Waals surface area contributed by atoms with Gasteiger partial charge in [-0.05, 0) is 116 Å². The van der Waals surface area contributed by atoms with E-state index in [1.165, 1.54) is 6.08 Å². The molecule has 0 N–H and O–H groups in total. The molecule has 0 spiro atoms. The molecule has 214 valence electrons. The highest BCUT2D eigenvalue weighted by Gasteiger charge is 2.28. The molecular weight excluding hydrogens is 504 g/mol. The average molecular weight is 547 g/mol. The van der Waals surface area contributed by atoms with Gasteiger partial charge >= 0.3 is 11.9 Å². The highest BCUT2D eigenvalue weighted by Crippen LogP contribution is 2.39. The number of hydrogen-bond donors (Lipinski definition) is 0. The molecule has 2 aromatic carbocycles. The van der Waals surface area contributed by atoms with Crippen molar-refractivity contribution >= 4 is 23.8 Å². The molecule has 0 aromatic heterocycles. The highest BCUT2D eigenvalue weighted by atomic mass is 16.5. The summed E-state index contributed by atoms with van der Waals surface area (Å²) in [6, 6.07) is 8.35. The first-order valence-corrected chi connectivity index (χ1v) is 13.4. The van der Waals surface area contributed by atoms with Gasteiger partial charge in [0.25, 0.3) is 0 Å². The quantitative estimate of drug-likeness (QED) is 0.0997. The van der Waals surface area contributed by atoms with Gasteiger partial charge in [0.05, 0.1) is 17.9 Å². The summed E-state index contributed by atoms with van der Waals surface area (Å²) in [4.78, 5) is 38.1. The van der Waals surface area contributed by atoms with Gasteiger partial charge in [-0.2, -0.15) is 0 Å². The first-order valence-electron chi connectivity index (χ1n) is 13.4. The maximum absolute atomic E-state index is 13.0. The van der Waals surface area contributed by atoms with Crippen molar-refractivity contribution < 1.29 is 28.6 Å². The first-order chi connectivity index (χ1) is 18.7. The van der Waals surface area contributed by atoms with Gasteiger partial charge in [-0.15, -0.1) is 0 Å². The lowest BCUT2D eigenvalue weighted by Crippen LogP contribution is -2.26. The predicted molar refractivity (Wildman–Crippen MR) is 160 cm³/mol. The van der Waals surface area contributed by atoms with Crippen LogP contribution >= 0.6 is 0 Å².